The zero-order valence-corrected chi connectivity index (χ0v) is 83.6. The van der Waals surface area contributed by atoms with Gasteiger partial charge in [0.15, 0.2) is 0 Å². The summed E-state index contributed by atoms with van der Waals surface area (Å²) in [5, 5.41) is 0. The van der Waals surface area contributed by atoms with Crippen molar-refractivity contribution in [3.63, 3.8) is 0 Å². The molecule has 113 heavy (non-hydrogen) atoms. The van der Waals surface area contributed by atoms with Crippen LogP contribution in [0.2, 0.25) is 0 Å². The molecule has 0 atom stereocenters. The second kappa shape index (κ2) is 128. The number of esters is 4. The van der Waals surface area contributed by atoms with E-state index in [1.165, 1.54) is 385 Å². The fourth-order valence-electron chi connectivity index (χ4n) is 13.2. The Morgan fingerprint density at radius 3 is 0.416 bits per heavy atom. The van der Waals surface area contributed by atoms with Gasteiger partial charge in [-0.3, -0.25) is 19.2 Å². The first-order chi connectivity index (χ1) is 53.2. The van der Waals surface area contributed by atoms with Crippen LogP contribution in [0.15, 0.2) is 48.6 Å². The summed E-state index contributed by atoms with van der Waals surface area (Å²) < 4.78 is 19.8. The normalized spacial score (nSPS) is 10.8. The van der Waals surface area contributed by atoms with Gasteiger partial charge in [-0.15, -0.1) is 23.0 Å². The van der Waals surface area contributed by atoms with E-state index in [1.807, 2.05) is 0 Å². The van der Waals surface area contributed by atoms with Gasteiger partial charge in [0.05, 0.1) is 26.4 Å². The van der Waals surface area contributed by atoms with Crippen LogP contribution >= 0.6 is 13.5 Å². The summed E-state index contributed by atoms with van der Waals surface area (Å²) in [6.07, 6.45) is 111. The second-order valence-electron chi connectivity index (χ2n) is 30.7. The third-order valence-electron chi connectivity index (χ3n) is 20.0. The number of allylic oxidation sites excluding steroid dienone is 8. The summed E-state index contributed by atoms with van der Waals surface area (Å²) >= 11 is 19.0. The van der Waals surface area contributed by atoms with Gasteiger partial charge in [0.25, 0.3) is 0 Å². The molecule has 8 nitrogen and oxygen atoms in total. The van der Waals surface area contributed by atoms with E-state index in [1.54, 1.807) is 0 Å². The smallest absolute Gasteiger partial charge is 0.789 e. The molecule has 0 spiro atoms. The predicted molar refractivity (Wildman–Crippen MR) is 520 cm³/mol. The van der Waals surface area contributed by atoms with Gasteiger partial charge in [-0.2, -0.15) is 13.5 Å². The zero-order chi connectivity index (χ0) is 79.4. The van der Waals surface area contributed by atoms with Crippen molar-refractivity contribution in [1.29, 1.82) is 0 Å². The first-order valence-corrected chi connectivity index (χ1v) is 49.1. The number of unbranched alkanes of at least 4 members (excludes halogenated alkanes) is 60. The third kappa shape index (κ3) is 136. The molecule has 0 unspecified atom stereocenters. The van der Waals surface area contributed by atoms with E-state index in [9.17, 15) is 19.2 Å². The van der Waals surface area contributed by atoms with Crippen molar-refractivity contribution in [1.82, 2.24) is 0 Å². The Labute approximate surface area is 769 Å². The van der Waals surface area contributed by atoms with Crippen molar-refractivity contribution >= 4 is 136 Å². The maximum Gasteiger partial charge on any atom is 2.00 e. The molecule has 0 aromatic heterocycles. The summed E-state index contributed by atoms with van der Waals surface area (Å²) in [6.45, 7) is 10.6. The second-order valence-corrected chi connectivity index (χ2v) is 32.3. The monoisotopic (exact) mass is 1900 g/mol. The first kappa shape index (κ1) is 131. The van der Waals surface area contributed by atoms with E-state index in [2.05, 4.69) is 76.3 Å². The zero-order valence-electron chi connectivity index (χ0n) is 73.6. The van der Waals surface area contributed by atoms with Crippen LogP contribution in [0.3, 0.4) is 0 Å². The summed E-state index contributed by atoms with van der Waals surface area (Å²) in [5.74, 6) is 1.43. The van der Waals surface area contributed by atoms with Crippen molar-refractivity contribution in [2.45, 2.75) is 505 Å². The van der Waals surface area contributed by atoms with Crippen LogP contribution in [0.5, 0.6) is 0 Å². The Morgan fingerprint density at radius 1 is 0.195 bits per heavy atom. The number of ether oxygens (including phenoxy) is 4. The molecule has 0 saturated carbocycles. The van der Waals surface area contributed by atoms with E-state index in [-0.39, 0.29) is 100 Å². The predicted octanol–water partition coefficient (Wildman–Crippen LogP) is 31.3. The maximum absolute atomic E-state index is 11.3. The third-order valence-corrected chi connectivity index (χ3v) is 20.7. The quantitative estimate of drug-likeness (QED) is 0.0145. The number of carbonyl (C=O) groups is 4. The van der Waals surface area contributed by atoms with Crippen molar-refractivity contribution in [2.24, 2.45) is 0 Å². The number of rotatable bonds is 84. The standard InChI is InChI=1S/4C24H46O2S.2CH4.H2S.2Sn/c4*1-2-3-4-5-6-7-8-9-10-11-12-13-14-15-16-17-18-19-20-21-24(25)26-22-23-27;;;;;/h4*18-19,27H,2-17,20-23H2,1H3;2*1H4;1H2;;/q;;;;;;;2*+2/p-4/b4*19-18+;;;;;. The van der Waals surface area contributed by atoms with Gasteiger partial charge >= 0.3 is 71.7 Å². The fraction of sp³-hybridized carbons (Fsp3) is 0.878. The van der Waals surface area contributed by atoms with Gasteiger partial charge in [-0.1, -0.05) is 451 Å². The molecule has 0 rings (SSSR count). The van der Waals surface area contributed by atoms with Gasteiger partial charge in [-0.05, 0) is 77.0 Å². The largest absolute Gasteiger partial charge is 2.00 e. The Morgan fingerprint density at radius 2 is 0.301 bits per heavy atom. The van der Waals surface area contributed by atoms with Crippen molar-refractivity contribution in [3.05, 3.63) is 48.6 Å². The van der Waals surface area contributed by atoms with Crippen LogP contribution in [0.4, 0.5) is 0 Å². The Kier molecular flexibility index (Phi) is 148. The molecule has 0 saturated heterocycles. The Bertz CT molecular complexity index is 1590. The average Bonchev–Trinajstić information content (AvgIpc) is 1.34. The minimum Gasteiger partial charge on any atom is -0.789 e. The van der Waals surface area contributed by atoms with Gasteiger partial charge < -0.3 is 69.5 Å². The fourth-order valence-corrected chi connectivity index (χ4v) is 13.5. The Hall–Kier alpha value is 0.187. The number of carbonyl (C=O) groups excluding carboxylic acids is 4. The van der Waals surface area contributed by atoms with E-state index < -0.39 is 0 Å². The van der Waals surface area contributed by atoms with Gasteiger partial charge in [-0.25, -0.2) is 0 Å². The van der Waals surface area contributed by atoms with Crippen LogP contribution in [-0.4, -0.2) is 121 Å². The first-order valence-electron chi connectivity index (χ1n) is 46.8. The van der Waals surface area contributed by atoms with Crippen LogP contribution in [0, 0.1) is 0 Å². The van der Waals surface area contributed by atoms with Crippen LogP contribution in [-0.2, 0) is 88.6 Å². The topological polar surface area (TPSA) is 105 Å². The van der Waals surface area contributed by atoms with Gasteiger partial charge in [0, 0.05) is 25.7 Å². The molecule has 0 aliphatic heterocycles. The van der Waals surface area contributed by atoms with Crippen LogP contribution in [0.1, 0.15) is 505 Å². The van der Waals surface area contributed by atoms with Crippen LogP contribution < -0.4 is 0 Å². The summed E-state index contributed by atoms with van der Waals surface area (Å²) in [4.78, 5) is 45.1. The molecule has 0 aliphatic carbocycles. The van der Waals surface area contributed by atoms with Gasteiger partial charge in [0.2, 0.25) is 0 Å². The molecule has 0 aliphatic rings. The number of hydrogen-bond acceptors (Lipinski definition) is 12. The molecule has 0 N–H and O–H groups in total. The molecule has 0 aromatic rings. The van der Waals surface area contributed by atoms with Gasteiger partial charge in [0.1, 0.15) is 0 Å². The molecule has 0 bridgehead atoms. The molecule has 15 heteroatoms. The molecule has 668 valence electrons. The van der Waals surface area contributed by atoms with E-state index in [0.717, 1.165) is 51.4 Å². The molecular formula is C98H190O8S5Sn2. The van der Waals surface area contributed by atoms with Crippen molar-refractivity contribution in [2.75, 3.05) is 49.4 Å². The van der Waals surface area contributed by atoms with Crippen molar-refractivity contribution in [3.8, 4) is 0 Å². The molecule has 0 fully saturated rings. The molecule has 4 radical (unpaired) electrons. The minimum absolute atomic E-state index is 0. The number of hydrogen-bond donors (Lipinski definition) is 0. The summed E-state index contributed by atoms with van der Waals surface area (Å²) in [7, 11) is 0. The Balaban J connectivity index is -0.000000180. The summed E-state index contributed by atoms with van der Waals surface area (Å²) in [5.41, 5.74) is 0. The van der Waals surface area contributed by atoms with Crippen molar-refractivity contribution < 1.29 is 38.1 Å². The summed E-state index contributed by atoms with van der Waals surface area (Å²) in [6, 6.07) is 0. The molecular weight excluding hydrogens is 1700 g/mol. The van der Waals surface area contributed by atoms with Crippen LogP contribution in [0.25, 0.3) is 0 Å². The SMILES string of the molecule is C.C.CCCCCCCCCCCCCCCCC/C=C/CCC(=O)OCC[S-].CCCCCCCCCCCCCCCCC/C=C/CCC(=O)OCC[S-].CCCCCCCCCCCCCCCCC/C=C/CCC(=O)OCC[S-].CCCCCCCCCCCCCCCCC/C=C/CCC(=O)OCC[S-].S.[Sn+2].[Sn+2]. The molecule has 0 aromatic carbocycles. The molecule has 0 amide bonds. The van der Waals surface area contributed by atoms with E-state index >= 15 is 0 Å². The average molecular weight is 1890 g/mol. The minimum atomic E-state index is -0.128. The maximum atomic E-state index is 11.3. The molecule has 0 heterocycles. The van der Waals surface area contributed by atoms with E-state index in [4.69, 9.17) is 69.5 Å². The van der Waals surface area contributed by atoms with E-state index in [0.29, 0.717) is 75.1 Å².